The number of benzene rings is 1. The molecule has 31 heavy (non-hydrogen) atoms. The second-order valence-electron chi connectivity index (χ2n) is 9.19. The summed E-state index contributed by atoms with van der Waals surface area (Å²) in [5.41, 5.74) is 3.29. The van der Waals surface area contributed by atoms with Crippen molar-refractivity contribution in [3.63, 3.8) is 0 Å². The van der Waals surface area contributed by atoms with Crippen LogP contribution in [0.15, 0.2) is 24.4 Å². The highest BCUT2D eigenvalue weighted by atomic mass is 32.1. The third kappa shape index (κ3) is 6.07. The van der Waals surface area contributed by atoms with Gasteiger partial charge in [0.1, 0.15) is 0 Å². The van der Waals surface area contributed by atoms with Crippen molar-refractivity contribution in [3.8, 4) is 10.4 Å². The summed E-state index contributed by atoms with van der Waals surface area (Å²) in [6.07, 6.45) is 11.9. The molecule has 6 heteroatoms. The quantitative estimate of drug-likeness (QED) is 0.535. The molecule has 0 bridgehead atoms. The van der Waals surface area contributed by atoms with E-state index in [0.29, 0.717) is 5.92 Å². The molecule has 0 atom stereocenters. The molecule has 2 fully saturated rings. The van der Waals surface area contributed by atoms with Crippen LogP contribution in [0.2, 0.25) is 0 Å². The highest BCUT2D eigenvalue weighted by molar-refractivity contribution is 7.15. The highest BCUT2D eigenvalue weighted by Gasteiger charge is 2.21. The minimum atomic E-state index is -0.399. The van der Waals surface area contributed by atoms with Crippen molar-refractivity contribution in [1.29, 1.82) is 0 Å². The first-order valence-corrected chi connectivity index (χ1v) is 12.7. The Morgan fingerprint density at radius 3 is 2.65 bits per heavy atom. The predicted molar refractivity (Wildman–Crippen MR) is 128 cm³/mol. The zero-order valence-electron chi connectivity index (χ0n) is 18.9. The molecule has 1 amide bonds. The van der Waals surface area contributed by atoms with Crippen LogP contribution in [0.4, 0.5) is 10.5 Å². The molecule has 1 aromatic heterocycles. The van der Waals surface area contributed by atoms with Crippen molar-refractivity contribution in [2.45, 2.75) is 83.8 Å². The number of ether oxygens (including phenoxy) is 1. The van der Waals surface area contributed by atoms with E-state index in [1.165, 1.54) is 72.4 Å². The lowest BCUT2D eigenvalue weighted by Crippen LogP contribution is -2.29. The average Bonchev–Trinajstić information content (AvgIpc) is 3.25. The molecule has 1 saturated heterocycles. The number of likely N-dealkylation sites (tertiary alicyclic amines) is 1. The fourth-order valence-electron chi connectivity index (χ4n) is 4.71. The topological polar surface area (TPSA) is 54.5 Å². The fourth-order valence-corrected chi connectivity index (χ4v) is 5.86. The van der Waals surface area contributed by atoms with Gasteiger partial charge in [-0.2, -0.15) is 0 Å². The van der Waals surface area contributed by atoms with Gasteiger partial charge in [-0.25, -0.2) is 9.78 Å². The maximum Gasteiger partial charge on any atom is 0.411 e. The van der Waals surface area contributed by atoms with E-state index in [1.807, 2.05) is 31.3 Å². The van der Waals surface area contributed by atoms with Gasteiger partial charge in [0.15, 0.2) is 0 Å². The molecule has 4 rings (SSSR count). The fraction of sp³-hybridized carbons (Fsp3) is 0.600. The Morgan fingerprint density at radius 1 is 1.16 bits per heavy atom. The molecule has 0 radical (unpaired) electrons. The molecule has 1 aliphatic heterocycles. The zero-order valence-corrected chi connectivity index (χ0v) is 19.7. The summed E-state index contributed by atoms with van der Waals surface area (Å²) in [6, 6.07) is 6.24. The lowest BCUT2D eigenvalue weighted by Gasteiger charge is -2.27. The molecular weight excluding hydrogens is 406 g/mol. The Balaban J connectivity index is 1.57. The molecule has 2 aliphatic rings. The molecule has 1 aliphatic carbocycles. The molecule has 1 saturated carbocycles. The Hall–Kier alpha value is -1.92. The van der Waals surface area contributed by atoms with Gasteiger partial charge in [0.25, 0.3) is 0 Å². The van der Waals surface area contributed by atoms with E-state index in [2.05, 4.69) is 28.5 Å². The van der Waals surface area contributed by atoms with Gasteiger partial charge in [0, 0.05) is 24.3 Å². The number of nitrogens with zero attached hydrogens (tertiary/aromatic N) is 2. The summed E-state index contributed by atoms with van der Waals surface area (Å²) < 4.78 is 5.26. The number of piperidine rings is 1. The van der Waals surface area contributed by atoms with E-state index < -0.39 is 6.09 Å². The number of amides is 1. The Kier molecular flexibility index (Phi) is 7.62. The molecule has 5 nitrogen and oxygen atoms in total. The van der Waals surface area contributed by atoms with E-state index in [0.717, 1.165) is 25.3 Å². The zero-order chi connectivity index (χ0) is 21.6. The number of anilines is 1. The van der Waals surface area contributed by atoms with Gasteiger partial charge in [-0.1, -0.05) is 31.7 Å². The van der Waals surface area contributed by atoms with Gasteiger partial charge >= 0.3 is 6.09 Å². The van der Waals surface area contributed by atoms with Gasteiger partial charge in [-0.3, -0.25) is 10.2 Å². The molecular formula is C25H35N3O2S. The maximum absolute atomic E-state index is 12.1. The van der Waals surface area contributed by atoms with Crippen LogP contribution in [0, 0.1) is 0 Å². The number of thiazole rings is 1. The molecule has 1 N–H and O–H groups in total. The van der Waals surface area contributed by atoms with Crippen molar-refractivity contribution < 1.29 is 9.53 Å². The van der Waals surface area contributed by atoms with Gasteiger partial charge in [0.2, 0.25) is 0 Å². The van der Waals surface area contributed by atoms with Crippen LogP contribution in [0.25, 0.3) is 10.4 Å². The molecule has 0 unspecified atom stereocenters. The Labute approximate surface area is 190 Å². The van der Waals surface area contributed by atoms with Crippen LogP contribution in [-0.4, -0.2) is 35.2 Å². The molecule has 2 aromatic rings. The van der Waals surface area contributed by atoms with Gasteiger partial charge in [-0.05, 0) is 75.9 Å². The van der Waals surface area contributed by atoms with Crippen molar-refractivity contribution in [3.05, 3.63) is 35.0 Å². The Bertz CT molecular complexity index is 867. The average molecular weight is 442 g/mol. The molecule has 2 heterocycles. The van der Waals surface area contributed by atoms with Crippen LogP contribution in [-0.2, 0) is 11.3 Å². The van der Waals surface area contributed by atoms with Crippen LogP contribution in [0.1, 0.15) is 81.7 Å². The van der Waals surface area contributed by atoms with E-state index in [9.17, 15) is 4.79 Å². The van der Waals surface area contributed by atoms with E-state index in [4.69, 9.17) is 9.72 Å². The van der Waals surface area contributed by atoms with E-state index >= 15 is 0 Å². The van der Waals surface area contributed by atoms with Crippen LogP contribution < -0.4 is 5.32 Å². The second-order valence-corrected chi connectivity index (χ2v) is 10.2. The number of hydrogen-bond donors (Lipinski definition) is 1. The molecule has 0 spiro atoms. The normalized spacial score (nSPS) is 18.3. The van der Waals surface area contributed by atoms with Crippen LogP contribution in [0.3, 0.4) is 0 Å². The third-order valence-electron chi connectivity index (χ3n) is 6.28. The number of hydrogen-bond acceptors (Lipinski definition) is 5. The summed E-state index contributed by atoms with van der Waals surface area (Å²) >= 11 is 1.86. The minimum Gasteiger partial charge on any atom is -0.447 e. The summed E-state index contributed by atoms with van der Waals surface area (Å²) in [5.74, 6) is 0.629. The highest BCUT2D eigenvalue weighted by Crippen LogP contribution is 2.39. The Morgan fingerprint density at radius 2 is 1.90 bits per heavy atom. The lowest BCUT2D eigenvalue weighted by molar-refractivity contribution is 0.130. The van der Waals surface area contributed by atoms with Gasteiger partial charge in [0.05, 0.1) is 16.0 Å². The maximum atomic E-state index is 12.1. The van der Waals surface area contributed by atoms with Crippen LogP contribution in [0.5, 0.6) is 0 Å². The lowest BCUT2D eigenvalue weighted by atomic mass is 9.90. The summed E-state index contributed by atoms with van der Waals surface area (Å²) in [4.78, 5) is 20.7. The first-order valence-electron chi connectivity index (χ1n) is 11.9. The van der Waals surface area contributed by atoms with Crippen molar-refractivity contribution >= 4 is 23.1 Å². The van der Waals surface area contributed by atoms with Gasteiger partial charge < -0.3 is 4.74 Å². The summed E-state index contributed by atoms with van der Waals surface area (Å²) in [7, 11) is 0. The summed E-state index contributed by atoms with van der Waals surface area (Å²) in [6.45, 7) is 6.90. The van der Waals surface area contributed by atoms with Crippen molar-refractivity contribution in [2.24, 2.45) is 0 Å². The largest absolute Gasteiger partial charge is 0.447 e. The SMILES string of the molecule is CC(C)OC(=O)Nc1ccc(-c2cnc(C3CCCCC3)s2)c(CN2CCCCC2)c1. The molecule has 1 aromatic carbocycles. The first kappa shape index (κ1) is 22.3. The smallest absolute Gasteiger partial charge is 0.411 e. The number of aromatic nitrogens is 1. The number of rotatable bonds is 6. The van der Waals surface area contributed by atoms with E-state index in [1.54, 1.807) is 0 Å². The number of carbonyl (C=O) groups excluding carboxylic acids is 1. The predicted octanol–water partition coefficient (Wildman–Crippen LogP) is 6.80. The van der Waals surface area contributed by atoms with Crippen molar-refractivity contribution in [2.75, 3.05) is 18.4 Å². The second kappa shape index (κ2) is 10.6. The first-order chi connectivity index (χ1) is 15.1. The third-order valence-corrected chi connectivity index (χ3v) is 7.47. The standard InChI is InChI=1S/C25H35N3O2S/c1-18(2)30-25(29)27-21-11-12-22(20(15-21)17-28-13-7-4-8-14-28)23-16-26-24(31-23)19-9-5-3-6-10-19/h11-12,15-16,18-19H,3-10,13-14,17H2,1-2H3,(H,27,29). The monoisotopic (exact) mass is 441 g/mol. The number of nitrogens with one attached hydrogen (secondary N) is 1. The summed E-state index contributed by atoms with van der Waals surface area (Å²) in [5, 5.41) is 4.19. The van der Waals surface area contributed by atoms with E-state index in [-0.39, 0.29) is 6.10 Å². The van der Waals surface area contributed by atoms with Crippen molar-refractivity contribution in [1.82, 2.24) is 9.88 Å². The minimum absolute atomic E-state index is 0.137. The van der Waals surface area contributed by atoms with Gasteiger partial charge in [-0.15, -0.1) is 11.3 Å². The molecule has 168 valence electrons. The van der Waals surface area contributed by atoms with Crippen LogP contribution >= 0.6 is 11.3 Å². The number of carbonyl (C=O) groups is 1.